The predicted octanol–water partition coefficient (Wildman–Crippen LogP) is 2.58. The minimum Gasteiger partial charge on any atom is -0.366 e. The normalized spacial score (nSPS) is 25.2. The molecule has 1 unspecified atom stereocenters. The van der Waals surface area contributed by atoms with Crippen molar-refractivity contribution < 1.29 is 13.2 Å². The maximum absolute atomic E-state index is 12.4. The minimum atomic E-state index is -4.43. The van der Waals surface area contributed by atoms with E-state index in [9.17, 15) is 13.2 Å². The van der Waals surface area contributed by atoms with Gasteiger partial charge in [0.1, 0.15) is 5.82 Å². The second kappa shape index (κ2) is 4.87. The number of nitrogens with one attached hydrogen (secondary N) is 2. The second-order valence-corrected chi connectivity index (χ2v) is 5.70. The second-order valence-electron chi connectivity index (χ2n) is 5.70. The minimum absolute atomic E-state index is 0.245. The molecule has 1 saturated carbocycles. The Hall–Kier alpha value is -1.37. The van der Waals surface area contributed by atoms with Crippen LogP contribution in [0.25, 0.3) is 0 Å². The Morgan fingerprint density at radius 3 is 2.60 bits per heavy atom. The summed E-state index contributed by atoms with van der Waals surface area (Å²) in [6.45, 7) is 0.936. The van der Waals surface area contributed by atoms with Crippen LogP contribution in [0, 0.1) is 0 Å². The molecular weight excluding hydrogens is 269 g/mol. The van der Waals surface area contributed by atoms with Gasteiger partial charge in [-0.3, -0.25) is 0 Å². The molecule has 2 fully saturated rings. The highest BCUT2D eigenvalue weighted by atomic mass is 19.4. The molecule has 110 valence electrons. The van der Waals surface area contributed by atoms with Crippen molar-refractivity contribution in [2.45, 2.75) is 49.9 Å². The molecule has 2 N–H and O–H groups in total. The molecule has 1 atom stereocenters. The number of halogens is 3. The zero-order valence-corrected chi connectivity index (χ0v) is 11.0. The third-order valence-electron chi connectivity index (χ3n) is 4.25. The molecule has 4 nitrogen and oxygen atoms in total. The summed E-state index contributed by atoms with van der Waals surface area (Å²) in [5.74, 6) is 0.416. The van der Waals surface area contributed by atoms with E-state index >= 15 is 0 Å². The Bertz CT molecular complexity index is 467. The van der Waals surface area contributed by atoms with Gasteiger partial charge >= 0.3 is 6.18 Å². The van der Waals surface area contributed by atoms with Gasteiger partial charge in [-0.05, 0) is 50.8 Å². The molecule has 0 aromatic carbocycles. The van der Waals surface area contributed by atoms with Crippen LogP contribution in [0.4, 0.5) is 19.0 Å². The maximum atomic E-state index is 12.4. The highest BCUT2D eigenvalue weighted by Gasteiger charge is 2.41. The molecule has 2 aliphatic rings. The summed E-state index contributed by atoms with van der Waals surface area (Å²) in [5, 5.41) is 13.6. The van der Waals surface area contributed by atoms with E-state index < -0.39 is 11.9 Å². The standard InChI is InChI=1S/C13H17F3N4/c14-13(15,16)10-2-3-11(20-19-10)18-9-4-7-17-12(8-9)5-1-6-12/h2-3,9,17H,1,4-8H2,(H,18,20). The Kier molecular flexibility index (Phi) is 3.32. The van der Waals surface area contributed by atoms with Crippen LogP contribution in [0.5, 0.6) is 0 Å². The number of rotatable bonds is 2. The van der Waals surface area contributed by atoms with Gasteiger partial charge in [0.05, 0.1) is 0 Å². The molecule has 20 heavy (non-hydrogen) atoms. The van der Waals surface area contributed by atoms with E-state index in [1.54, 1.807) is 0 Å². The highest BCUT2D eigenvalue weighted by Crippen LogP contribution is 2.38. The van der Waals surface area contributed by atoms with Crippen LogP contribution in [-0.4, -0.2) is 28.3 Å². The fraction of sp³-hybridized carbons (Fsp3) is 0.692. The van der Waals surface area contributed by atoms with Gasteiger partial charge in [-0.2, -0.15) is 13.2 Å². The van der Waals surface area contributed by atoms with Crippen LogP contribution in [0.1, 0.15) is 37.8 Å². The SMILES string of the molecule is FC(F)(F)c1ccc(NC2CCNC3(CCC3)C2)nn1. The van der Waals surface area contributed by atoms with Crippen molar-refractivity contribution in [3.05, 3.63) is 17.8 Å². The van der Waals surface area contributed by atoms with Gasteiger partial charge in [0, 0.05) is 11.6 Å². The summed E-state index contributed by atoms with van der Waals surface area (Å²) >= 11 is 0. The first-order chi connectivity index (χ1) is 9.47. The summed E-state index contributed by atoms with van der Waals surface area (Å²) in [4.78, 5) is 0. The van der Waals surface area contributed by atoms with Gasteiger partial charge in [0.2, 0.25) is 0 Å². The van der Waals surface area contributed by atoms with Gasteiger partial charge in [-0.1, -0.05) is 0 Å². The van der Waals surface area contributed by atoms with Crippen LogP contribution in [0.2, 0.25) is 0 Å². The van der Waals surface area contributed by atoms with Crippen molar-refractivity contribution >= 4 is 5.82 Å². The molecule has 2 heterocycles. The Balaban J connectivity index is 1.63. The molecule has 1 spiro atoms. The average molecular weight is 286 g/mol. The number of piperidine rings is 1. The van der Waals surface area contributed by atoms with Crippen molar-refractivity contribution in [3.8, 4) is 0 Å². The number of nitrogens with zero attached hydrogens (tertiary/aromatic N) is 2. The molecule has 3 rings (SSSR count). The number of anilines is 1. The first-order valence-corrected chi connectivity index (χ1v) is 6.89. The summed E-state index contributed by atoms with van der Waals surface area (Å²) in [6.07, 6.45) is 1.13. The largest absolute Gasteiger partial charge is 0.435 e. The molecule has 1 aliphatic carbocycles. The van der Waals surface area contributed by atoms with Gasteiger partial charge in [-0.15, -0.1) is 10.2 Å². The first-order valence-electron chi connectivity index (χ1n) is 6.89. The van der Waals surface area contributed by atoms with E-state index in [0.717, 1.165) is 25.5 Å². The third kappa shape index (κ3) is 2.72. The molecule has 0 bridgehead atoms. The number of aromatic nitrogens is 2. The van der Waals surface area contributed by atoms with Crippen molar-refractivity contribution in [1.82, 2.24) is 15.5 Å². The lowest BCUT2D eigenvalue weighted by Gasteiger charge is -2.48. The molecule has 1 aromatic heterocycles. The number of alkyl halides is 3. The highest BCUT2D eigenvalue weighted by molar-refractivity contribution is 5.35. The predicted molar refractivity (Wildman–Crippen MR) is 68.3 cm³/mol. The van der Waals surface area contributed by atoms with Crippen LogP contribution >= 0.6 is 0 Å². The average Bonchev–Trinajstić information content (AvgIpc) is 2.37. The van der Waals surface area contributed by atoms with Gasteiger partial charge < -0.3 is 10.6 Å². The van der Waals surface area contributed by atoms with E-state index in [4.69, 9.17) is 0 Å². The number of hydrogen-bond donors (Lipinski definition) is 2. The van der Waals surface area contributed by atoms with E-state index in [2.05, 4.69) is 20.8 Å². The number of hydrogen-bond acceptors (Lipinski definition) is 4. The van der Waals surface area contributed by atoms with Crippen molar-refractivity contribution in [1.29, 1.82) is 0 Å². The van der Waals surface area contributed by atoms with Gasteiger partial charge in [-0.25, -0.2) is 0 Å². The topological polar surface area (TPSA) is 49.8 Å². The van der Waals surface area contributed by atoms with Crippen LogP contribution in [0.3, 0.4) is 0 Å². The monoisotopic (exact) mass is 286 g/mol. The summed E-state index contributed by atoms with van der Waals surface area (Å²) in [7, 11) is 0. The molecule has 0 amide bonds. The Morgan fingerprint density at radius 1 is 1.25 bits per heavy atom. The third-order valence-corrected chi connectivity index (χ3v) is 4.25. The van der Waals surface area contributed by atoms with E-state index in [1.807, 2.05) is 0 Å². The van der Waals surface area contributed by atoms with E-state index in [0.29, 0.717) is 5.82 Å². The first kappa shape index (κ1) is 13.6. The van der Waals surface area contributed by atoms with Gasteiger partial charge in [0.25, 0.3) is 0 Å². The molecular formula is C13H17F3N4. The zero-order chi connectivity index (χ0) is 14.2. The van der Waals surface area contributed by atoms with Crippen LogP contribution in [0.15, 0.2) is 12.1 Å². The summed E-state index contributed by atoms with van der Waals surface area (Å²) in [6, 6.07) is 2.57. The van der Waals surface area contributed by atoms with Crippen molar-refractivity contribution in [2.24, 2.45) is 0 Å². The molecule has 0 radical (unpaired) electrons. The van der Waals surface area contributed by atoms with Crippen molar-refractivity contribution in [2.75, 3.05) is 11.9 Å². The smallest absolute Gasteiger partial charge is 0.366 e. The lowest BCUT2D eigenvalue weighted by atomic mass is 9.70. The molecule has 1 aromatic rings. The Labute approximate surface area is 115 Å². The van der Waals surface area contributed by atoms with Crippen LogP contribution in [-0.2, 0) is 6.18 Å². The van der Waals surface area contributed by atoms with Crippen LogP contribution < -0.4 is 10.6 Å². The molecule has 7 heteroatoms. The van der Waals surface area contributed by atoms with Crippen molar-refractivity contribution in [3.63, 3.8) is 0 Å². The summed E-state index contributed by atoms with van der Waals surface area (Å²) < 4.78 is 37.2. The van der Waals surface area contributed by atoms with E-state index in [1.165, 1.54) is 25.3 Å². The Morgan fingerprint density at radius 2 is 2.05 bits per heavy atom. The zero-order valence-electron chi connectivity index (χ0n) is 11.0. The molecule has 1 saturated heterocycles. The fourth-order valence-corrected chi connectivity index (χ4v) is 3.03. The summed E-state index contributed by atoms with van der Waals surface area (Å²) in [5.41, 5.74) is -0.709. The molecule has 1 aliphatic heterocycles. The van der Waals surface area contributed by atoms with E-state index in [-0.39, 0.29) is 11.6 Å². The van der Waals surface area contributed by atoms with Gasteiger partial charge in [0.15, 0.2) is 5.69 Å². The maximum Gasteiger partial charge on any atom is 0.435 e. The lowest BCUT2D eigenvalue weighted by molar-refractivity contribution is -0.141. The quantitative estimate of drug-likeness (QED) is 0.877. The fourth-order valence-electron chi connectivity index (χ4n) is 3.03. The lowest BCUT2D eigenvalue weighted by Crippen LogP contribution is -2.58.